The first-order valence-electron chi connectivity index (χ1n) is 5.52. The minimum absolute atomic E-state index is 0.494. The van der Waals surface area contributed by atoms with Crippen molar-refractivity contribution in [2.45, 2.75) is 24.4 Å². The third-order valence-corrected chi connectivity index (χ3v) is 3.24. The minimum Gasteiger partial charge on any atom is -0.467 e. The Balaban J connectivity index is 1.66. The Labute approximate surface area is 112 Å². The highest BCUT2D eigenvalue weighted by molar-refractivity contribution is 7.98. The molecular formula is C10H10N6O2S. The monoisotopic (exact) mass is 278 g/mol. The second kappa shape index (κ2) is 5.22. The number of nitrogens with zero attached hydrogens (tertiary/aromatic N) is 6. The molecule has 19 heavy (non-hydrogen) atoms. The molecule has 0 aliphatic heterocycles. The van der Waals surface area contributed by atoms with Gasteiger partial charge in [-0.3, -0.25) is 0 Å². The van der Waals surface area contributed by atoms with E-state index < -0.39 is 0 Å². The van der Waals surface area contributed by atoms with E-state index in [-0.39, 0.29) is 0 Å². The molecule has 0 fully saturated rings. The average molecular weight is 278 g/mol. The van der Waals surface area contributed by atoms with Gasteiger partial charge in [-0.05, 0) is 22.6 Å². The second-order valence-electron chi connectivity index (χ2n) is 3.72. The lowest BCUT2D eigenvalue weighted by Gasteiger charge is -2.00. The first kappa shape index (κ1) is 11.9. The Bertz CT molecular complexity index is 647. The summed E-state index contributed by atoms with van der Waals surface area (Å²) in [6.07, 6.45) is 1.62. The molecule has 0 atom stereocenters. The lowest BCUT2D eigenvalue weighted by molar-refractivity contribution is 0.389. The van der Waals surface area contributed by atoms with E-state index in [1.165, 1.54) is 11.8 Å². The summed E-state index contributed by atoms with van der Waals surface area (Å²) in [4.78, 5) is 4.12. The summed E-state index contributed by atoms with van der Waals surface area (Å²) in [6.45, 7) is 2.25. The predicted molar refractivity (Wildman–Crippen MR) is 64.2 cm³/mol. The zero-order valence-corrected chi connectivity index (χ0v) is 10.9. The average Bonchev–Trinajstić information content (AvgIpc) is 3.10. The molecule has 0 aliphatic carbocycles. The van der Waals surface area contributed by atoms with Crippen molar-refractivity contribution < 1.29 is 8.94 Å². The van der Waals surface area contributed by atoms with E-state index in [0.29, 0.717) is 29.2 Å². The first-order valence-corrected chi connectivity index (χ1v) is 6.50. The third-order valence-electron chi connectivity index (χ3n) is 2.28. The quantitative estimate of drug-likeness (QED) is 0.644. The van der Waals surface area contributed by atoms with Crippen LogP contribution in [0.5, 0.6) is 0 Å². The summed E-state index contributed by atoms with van der Waals surface area (Å²) in [5.41, 5.74) is 0. The molecule has 3 rings (SSSR count). The van der Waals surface area contributed by atoms with E-state index in [1.807, 2.05) is 12.1 Å². The summed E-state index contributed by atoms with van der Waals surface area (Å²) >= 11 is 1.44. The van der Waals surface area contributed by atoms with Crippen molar-refractivity contribution >= 4 is 11.8 Å². The smallest absolute Gasteiger partial charge is 0.223 e. The van der Waals surface area contributed by atoms with Crippen LogP contribution in [0.4, 0.5) is 0 Å². The number of rotatable bonds is 5. The summed E-state index contributed by atoms with van der Waals surface area (Å²) < 4.78 is 11.8. The largest absolute Gasteiger partial charge is 0.467 e. The second-order valence-corrected chi connectivity index (χ2v) is 4.66. The first-order chi connectivity index (χ1) is 9.31. The number of aryl methyl sites for hydroxylation is 1. The van der Waals surface area contributed by atoms with Crippen LogP contribution in [0.25, 0.3) is 0 Å². The zero-order valence-electron chi connectivity index (χ0n) is 10.1. The molecule has 9 heteroatoms. The van der Waals surface area contributed by atoms with Crippen LogP contribution in [0.2, 0.25) is 0 Å². The third kappa shape index (κ3) is 2.81. The number of hydrogen-bond donors (Lipinski definition) is 0. The molecule has 98 valence electrons. The summed E-state index contributed by atoms with van der Waals surface area (Å²) in [5, 5.41) is 16.0. The highest BCUT2D eigenvalue weighted by Crippen LogP contribution is 2.19. The molecule has 0 aliphatic rings. The molecule has 0 spiro atoms. The maximum absolute atomic E-state index is 5.26. The SMILES string of the molecule is Cc1nc(CSc2nnnn2Cc2ccco2)no1. The van der Waals surface area contributed by atoms with Gasteiger partial charge < -0.3 is 8.94 Å². The van der Waals surface area contributed by atoms with Crippen molar-refractivity contribution in [1.82, 2.24) is 30.3 Å². The molecule has 3 aromatic heterocycles. The van der Waals surface area contributed by atoms with Crippen molar-refractivity contribution in [3.8, 4) is 0 Å². The van der Waals surface area contributed by atoms with E-state index in [2.05, 4.69) is 25.7 Å². The van der Waals surface area contributed by atoms with Crippen LogP contribution >= 0.6 is 11.8 Å². The van der Waals surface area contributed by atoms with Crippen LogP contribution in [0.3, 0.4) is 0 Å². The van der Waals surface area contributed by atoms with Crippen molar-refractivity contribution in [2.75, 3.05) is 0 Å². The van der Waals surface area contributed by atoms with E-state index in [9.17, 15) is 0 Å². The molecule has 0 N–H and O–H groups in total. The molecule has 3 aromatic rings. The fraction of sp³-hybridized carbons (Fsp3) is 0.300. The highest BCUT2D eigenvalue weighted by atomic mass is 32.2. The summed E-state index contributed by atoms with van der Waals surface area (Å²) in [5.74, 6) is 2.51. The molecule has 8 nitrogen and oxygen atoms in total. The van der Waals surface area contributed by atoms with E-state index >= 15 is 0 Å². The van der Waals surface area contributed by atoms with Gasteiger partial charge in [0.05, 0.1) is 12.0 Å². The van der Waals surface area contributed by atoms with Gasteiger partial charge in [-0.15, -0.1) is 5.10 Å². The van der Waals surface area contributed by atoms with Crippen molar-refractivity contribution in [3.63, 3.8) is 0 Å². The molecule has 0 saturated carbocycles. The van der Waals surface area contributed by atoms with Gasteiger partial charge >= 0.3 is 0 Å². The van der Waals surface area contributed by atoms with Gasteiger partial charge in [-0.1, -0.05) is 16.9 Å². The van der Waals surface area contributed by atoms with Crippen LogP contribution in [-0.4, -0.2) is 30.3 Å². The van der Waals surface area contributed by atoms with Crippen LogP contribution in [0.1, 0.15) is 17.5 Å². The summed E-state index contributed by atoms with van der Waals surface area (Å²) in [6, 6.07) is 3.70. The van der Waals surface area contributed by atoms with E-state index in [1.54, 1.807) is 17.9 Å². The van der Waals surface area contributed by atoms with Crippen molar-refractivity contribution in [3.05, 3.63) is 35.9 Å². The van der Waals surface area contributed by atoms with Gasteiger partial charge in [0, 0.05) is 6.92 Å². The van der Waals surface area contributed by atoms with E-state index in [0.717, 1.165) is 5.76 Å². The van der Waals surface area contributed by atoms with Gasteiger partial charge in [-0.2, -0.15) is 4.98 Å². The lowest BCUT2D eigenvalue weighted by atomic mass is 10.4. The van der Waals surface area contributed by atoms with Crippen molar-refractivity contribution in [1.29, 1.82) is 0 Å². The Morgan fingerprint density at radius 1 is 1.42 bits per heavy atom. The Kier molecular flexibility index (Phi) is 3.27. The molecule has 0 amide bonds. The van der Waals surface area contributed by atoms with Crippen LogP contribution in [0, 0.1) is 6.92 Å². The highest BCUT2D eigenvalue weighted by Gasteiger charge is 2.11. The Hall–Kier alpha value is -2.16. The molecule has 0 bridgehead atoms. The number of hydrogen-bond acceptors (Lipinski definition) is 8. The molecule has 0 radical (unpaired) electrons. The number of furan rings is 1. The normalized spacial score (nSPS) is 11.0. The predicted octanol–water partition coefficient (Wildman–Crippen LogP) is 1.30. The Morgan fingerprint density at radius 3 is 3.11 bits per heavy atom. The molecule has 0 unspecified atom stereocenters. The van der Waals surface area contributed by atoms with Crippen LogP contribution in [-0.2, 0) is 12.3 Å². The summed E-state index contributed by atoms with van der Waals surface area (Å²) in [7, 11) is 0. The zero-order chi connectivity index (χ0) is 13.1. The fourth-order valence-electron chi connectivity index (χ4n) is 1.48. The van der Waals surface area contributed by atoms with E-state index in [4.69, 9.17) is 8.94 Å². The van der Waals surface area contributed by atoms with Gasteiger partial charge in [-0.25, -0.2) is 4.68 Å². The maximum Gasteiger partial charge on any atom is 0.223 e. The Morgan fingerprint density at radius 2 is 2.37 bits per heavy atom. The number of thioether (sulfide) groups is 1. The van der Waals surface area contributed by atoms with Crippen LogP contribution in [0.15, 0.2) is 32.5 Å². The maximum atomic E-state index is 5.26. The minimum atomic E-state index is 0.494. The van der Waals surface area contributed by atoms with Gasteiger partial charge in [0.1, 0.15) is 12.3 Å². The van der Waals surface area contributed by atoms with Crippen LogP contribution < -0.4 is 0 Å². The number of tetrazole rings is 1. The van der Waals surface area contributed by atoms with Crippen molar-refractivity contribution in [2.24, 2.45) is 0 Å². The molecule has 3 heterocycles. The standard InChI is InChI=1S/C10H10N6O2S/c1-7-11-9(13-18-7)6-19-10-12-14-15-16(10)5-8-3-2-4-17-8/h2-4H,5-6H2,1H3. The topological polar surface area (TPSA) is 95.7 Å². The fourth-order valence-corrected chi connectivity index (χ4v) is 2.20. The molecule has 0 aromatic carbocycles. The van der Waals surface area contributed by atoms with Gasteiger partial charge in [0.15, 0.2) is 5.82 Å². The van der Waals surface area contributed by atoms with Gasteiger partial charge in [0.2, 0.25) is 11.0 Å². The molecular weight excluding hydrogens is 268 g/mol. The lowest BCUT2D eigenvalue weighted by Crippen LogP contribution is -2.03. The molecule has 0 saturated heterocycles. The van der Waals surface area contributed by atoms with Gasteiger partial charge in [0.25, 0.3) is 0 Å². The number of aromatic nitrogens is 6.